The second-order valence-corrected chi connectivity index (χ2v) is 6.08. The number of hydrogen-bond acceptors (Lipinski definition) is 4. The van der Waals surface area contributed by atoms with E-state index >= 15 is 0 Å². The molecule has 0 fully saturated rings. The highest BCUT2D eigenvalue weighted by Gasteiger charge is 2.13. The zero-order valence-corrected chi connectivity index (χ0v) is 14.8. The Morgan fingerprint density at radius 1 is 1.11 bits per heavy atom. The van der Waals surface area contributed by atoms with Crippen LogP contribution in [0.4, 0.5) is 0 Å². The first kappa shape index (κ1) is 16.8. The standard InChI is InChI=1S/C21H18N4O2/c1-27-18-4-2-3-15(11-18)12-23-21(26)19-13-24-25-14-17(5-6-20(19)25)16-7-9-22-10-8-16/h2-11,13-14H,12H2,1H3,(H,23,26). The van der Waals surface area contributed by atoms with Crippen molar-refractivity contribution >= 4 is 11.4 Å². The Balaban J connectivity index is 1.54. The van der Waals surface area contributed by atoms with Crippen LogP contribution >= 0.6 is 0 Å². The van der Waals surface area contributed by atoms with E-state index in [1.54, 1.807) is 30.2 Å². The van der Waals surface area contributed by atoms with E-state index in [0.717, 1.165) is 28.0 Å². The average molecular weight is 358 g/mol. The summed E-state index contributed by atoms with van der Waals surface area (Å²) in [6, 6.07) is 15.4. The number of pyridine rings is 2. The lowest BCUT2D eigenvalue weighted by molar-refractivity contribution is 0.0952. The molecule has 134 valence electrons. The van der Waals surface area contributed by atoms with Gasteiger partial charge in [-0.1, -0.05) is 18.2 Å². The van der Waals surface area contributed by atoms with Crippen LogP contribution < -0.4 is 10.1 Å². The van der Waals surface area contributed by atoms with Crippen LogP contribution in [0.5, 0.6) is 5.75 Å². The van der Waals surface area contributed by atoms with Crippen molar-refractivity contribution in [1.82, 2.24) is 19.9 Å². The second kappa shape index (κ2) is 7.29. The van der Waals surface area contributed by atoms with E-state index < -0.39 is 0 Å². The third-order valence-corrected chi connectivity index (χ3v) is 4.36. The van der Waals surface area contributed by atoms with E-state index in [-0.39, 0.29) is 5.91 Å². The van der Waals surface area contributed by atoms with Gasteiger partial charge >= 0.3 is 0 Å². The lowest BCUT2D eigenvalue weighted by Gasteiger charge is -2.07. The Hall–Kier alpha value is -3.67. The normalized spacial score (nSPS) is 10.7. The molecular formula is C21H18N4O2. The average Bonchev–Trinajstić information content (AvgIpc) is 3.16. The molecule has 3 heterocycles. The number of carbonyl (C=O) groups excluding carboxylic acids is 1. The monoisotopic (exact) mass is 358 g/mol. The highest BCUT2D eigenvalue weighted by atomic mass is 16.5. The molecule has 6 heteroatoms. The van der Waals surface area contributed by atoms with E-state index in [4.69, 9.17) is 4.74 Å². The molecule has 4 aromatic rings. The number of methoxy groups -OCH3 is 1. The van der Waals surface area contributed by atoms with Crippen LogP contribution in [0, 0.1) is 0 Å². The summed E-state index contributed by atoms with van der Waals surface area (Å²) in [6.45, 7) is 0.419. The fraction of sp³-hybridized carbons (Fsp3) is 0.0952. The second-order valence-electron chi connectivity index (χ2n) is 6.08. The summed E-state index contributed by atoms with van der Waals surface area (Å²) in [7, 11) is 1.62. The van der Waals surface area contributed by atoms with Gasteiger partial charge in [0.25, 0.3) is 5.91 Å². The summed E-state index contributed by atoms with van der Waals surface area (Å²) in [5, 5.41) is 7.26. The molecule has 27 heavy (non-hydrogen) atoms. The zero-order chi connectivity index (χ0) is 18.6. The SMILES string of the molecule is COc1cccc(CNC(=O)c2cnn3cc(-c4ccncc4)ccc23)c1. The Bertz CT molecular complexity index is 1090. The van der Waals surface area contributed by atoms with Crippen molar-refractivity contribution in [3.8, 4) is 16.9 Å². The van der Waals surface area contributed by atoms with E-state index in [1.165, 1.54) is 0 Å². The summed E-state index contributed by atoms with van der Waals surface area (Å²) in [5.41, 5.74) is 4.33. The van der Waals surface area contributed by atoms with Gasteiger partial charge in [-0.25, -0.2) is 4.52 Å². The van der Waals surface area contributed by atoms with Gasteiger partial charge in [0, 0.05) is 30.7 Å². The quantitative estimate of drug-likeness (QED) is 0.594. The third kappa shape index (κ3) is 3.50. The van der Waals surface area contributed by atoms with Crippen LogP contribution in [0.1, 0.15) is 15.9 Å². The maximum Gasteiger partial charge on any atom is 0.255 e. The zero-order valence-electron chi connectivity index (χ0n) is 14.8. The molecule has 1 N–H and O–H groups in total. The number of rotatable bonds is 5. The number of hydrogen-bond donors (Lipinski definition) is 1. The lowest BCUT2D eigenvalue weighted by Crippen LogP contribution is -2.22. The molecule has 6 nitrogen and oxygen atoms in total. The largest absolute Gasteiger partial charge is 0.497 e. The molecule has 1 aromatic carbocycles. The van der Waals surface area contributed by atoms with Gasteiger partial charge < -0.3 is 10.1 Å². The minimum atomic E-state index is -0.163. The number of nitrogens with one attached hydrogen (secondary N) is 1. The molecule has 0 bridgehead atoms. The summed E-state index contributed by atoms with van der Waals surface area (Å²) in [5.74, 6) is 0.603. The Kier molecular flexibility index (Phi) is 4.53. The highest BCUT2D eigenvalue weighted by Crippen LogP contribution is 2.21. The number of carbonyl (C=O) groups is 1. The molecule has 3 aromatic heterocycles. The molecule has 1 amide bonds. The van der Waals surface area contributed by atoms with Gasteiger partial charge in [0.05, 0.1) is 24.4 Å². The Morgan fingerprint density at radius 3 is 2.78 bits per heavy atom. The molecule has 0 aliphatic heterocycles. The first-order valence-electron chi connectivity index (χ1n) is 8.53. The topological polar surface area (TPSA) is 68.5 Å². The molecule has 0 saturated heterocycles. The Morgan fingerprint density at radius 2 is 1.96 bits per heavy atom. The van der Waals surface area contributed by atoms with Gasteiger partial charge in [-0.3, -0.25) is 9.78 Å². The number of fused-ring (bicyclic) bond motifs is 1. The van der Waals surface area contributed by atoms with Gasteiger partial charge in [-0.2, -0.15) is 5.10 Å². The highest BCUT2D eigenvalue weighted by molar-refractivity contribution is 6.00. The van der Waals surface area contributed by atoms with Crippen LogP contribution in [-0.4, -0.2) is 27.6 Å². The molecule has 0 saturated carbocycles. The maximum absolute atomic E-state index is 12.6. The van der Waals surface area contributed by atoms with E-state index in [9.17, 15) is 4.79 Å². The smallest absolute Gasteiger partial charge is 0.255 e. The number of nitrogens with zero attached hydrogens (tertiary/aromatic N) is 3. The van der Waals surface area contributed by atoms with Crippen molar-refractivity contribution in [2.75, 3.05) is 7.11 Å². The van der Waals surface area contributed by atoms with Crippen LogP contribution in [0.15, 0.2) is 73.3 Å². The van der Waals surface area contributed by atoms with Crippen molar-refractivity contribution in [3.63, 3.8) is 0 Å². The molecule has 0 aliphatic rings. The van der Waals surface area contributed by atoms with E-state index in [2.05, 4.69) is 15.4 Å². The summed E-state index contributed by atoms with van der Waals surface area (Å²) in [6.07, 6.45) is 7.00. The molecule has 0 unspecified atom stereocenters. The van der Waals surface area contributed by atoms with E-state index in [1.807, 2.05) is 54.7 Å². The van der Waals surface area contributed by atoms with Crippen LogP contribution in [0.2, 0.25) is 0 Å². The Labute approximate surface area is 156 Å². The number of aromatic nitrogens is 3. The van der Waals surface area contributed by atoms with Gasteiger partial charge in [0.2, 0.25) is 0 Å². The third-order valence-electron chi connectivity index (χ3n) is 4.36. The van der Waals surface area contributed by atoms with Crippen molar-refractivity contribution in [2.45, 2.75) is 6.54 Å². The molecule has 0 radical (unpaired) electrons. The molecule has 0 spiro atoms. The van der Waals surface area contributed by atoms with Crippen LogP contribution in [0.25, 0.3) is 16.6 Å². The van der Waals surface area contributed by atoms with E-state index in [0.29, 0.717) is 12.1 Å². The minimum absolute atomic E-state index is 0.163. The first-order chi connectivity index (χ1) is 13.2. The fourth-order valence-electron chi connectivity index (χ4n) is 2.93. The molecular weight excluding hydrogens is 340 g/mol. The number of ether oxygens (including phenoxy) is 1. The summed E-state index contributed by atoms with van der Waals surface area (Å²) < 4.78 is 6.93. The van der Waals surface area contributed by atoms with Crippen molar-refractivity contribution in [1.29, 1.82) is 0 Å². The summed E-state index contributed by atoms with van der Waals surface area (Å²) in [4.78, 5) is 16.6. The molecule has 0 aliphatic carbocycles. The predicted molar refractivity (Wildman–Crippen MR) is 103 cm³/mol. The first-order valence-corrected chi connectivity index (χ1v) is 8.53. The van der Waals surface area contributed by atoms with Crippen molar-refractivity contribution in [2.24, 2.45) is 0 Å². The fourth-order valence-corrected chi connectivity index (χ4v) is 2.93. The van der Waals surface area contributed by atoms with Gasteiger partial charge in [0.15, 0.2) is 0 Å². The summed E-state index contributed by atoms with van der Waals surface area (Å²) >= 11 is 0. The van der Waals surface area contributed by atoms with Gasteiger partial charge in [0.1, 0.15) is 5.75 Å². The number of benzene rings is 1. The minimum Gasteiger partial charge on any atom is -0.497 e. The van der Waals surface area contributed by atoms with Crippen LogP contribution in [0.3, 0.4) is 0 Å². The molecule has 0 atom stereocenters. The van der Waals surface area contributed by atoms with Gasteiger partial charge in [-0.15, -0.1) is 0 Å². The van der Waals surface area contributed by atoms with Crippen molar-refractivity contribution < 1.29 is 9.53 Å². The lowest BCUT2D eigenvalue weighted by atomic mass is 10.1. The van der Waals surface area contributed by atoms with Crippen LogP contribution in [-0.2, 0) is 6.54 Å². The van der Waals surface area contributed by atoms with Crippen molar-refractivity contribution in [3.05, 3.63) is 84.4 Å². The van der Waals surface area contributed by atoms with Gasteiger partial charge in [-0.05, 0) is 41.5 Å². The molecule has 4 rings (SSSR count). The number of amides is 1. The maximum atomic E-state index is 12.6. The predicted octanol–water partition coefficient (Wildman–Crippen LogP) is 3.33.